The zero-order chi connectivity index (χ0) is 19.4. The molecule has 0 unspecified atom stereocenters. The van der Waals surface area contributed by atoms with Crippen LogP contribution >= 0.6 is 11.8 Å². The molecule has 25 heavy (non-hydrogen) atoms. The van der Waals surface area contributed by atoms with Crippen molar-refractivity contribution in [3.05, 3.63) is 34.4 Å². The minimum atomic E-state index is -0.535. The van der Waals surface area contributed by atoms with Gasteiger partial charge in [-0.25, -0.2) is 4.79 Å². The summed E-state index contributed by atoms with van der Waals surface area (Å²) in [5.41, 5.74) is 8.10. The maximum absolute atomic E-state index is 11.8. The average Bonchev–Trinajstić information content (AvgIpc) is 2.65. The number of nitrogens with zero attached hydrogens (tertiary/aromatic N) is 1. The van der Waals surface area contributed by atoms with Crippen LogP contribution in [0.2, 0.25) is 0 Å². The normalized spacial score (nSPS) is 11.7. The van der Waals surface area contributed by atoms with Gasteiger partial charge in [-0.3, -0.25) is 4.99 Å². The highest BCUT2D eigenvalue weighted by Crippen LogP contribution is 2.23. The Morgan fingerprint density at radius 1 is 1.36 bits per heavy atom. The lowest BCUT2D eigenvalue weighted by Gasteiger charge is -2.13. The number of esters is 1. The van der Waals surface area contributed by atoms with Gasteiger partial charge >= 0.3 is 5.97 Å². The van der Waals surface area contributed by atoms with Gasteiger partial charge in [-0.05, 0) is 31.4 Å². The molecule has 0 radical (unpaired) electrons. The Balaban J connectivity index is 0.00000277. The van der Waals surface area contributed by atoms with E-state index in [4.69, 9.17) is 15.2 Å². The van der Waals surface area contributed by atoms with Crippen LogP contribution in [-0.2, 0) is 9.53 Å². The molecule has 0 atom stereocenters. The SMILES string of the molecule is CC.CN=C(C(=O)OC)c1cc(OC/C(SC)=C(\C)NC)ccc1N. The van der Waals surface area contributed by atoms with E-state index in [1.54, 1.807) is 30.0 Å². The summed E-state index contributed by atoms with van der Waals surface area (Å²) in [5.74, 6) is 0.0711. The number of carbonyl (C=O) groups excluding carboxylic acids is 1. The molecule has 1 aromatic rings. The van der Waals surface area contributed by atoms with Crippen LogP contribution < -0.4 is 15.8 Å². The van der Waals surface area contributed by atoms with Crippen LogP contribution in [0.25, 0.3) is 0 Å². The molecule has 1 aromatic carbocycles. The molecule has 0 fully saturated rings. The third kappa shape index (κ3) is 6.70. The summed E-state index contributed by atoms with van der Waals surface area (Å²) < 4.78 is 10.5. The van der Waals surface area contributed by atoms with Crippen LogP contribution in [-0.4, -0.2) is 45.7 Å². The number of nitrogens with two attached hydrogens (primary N) is 1. The van der Waals surface area contributed by atoms with E-state index in [-0.39, 0.29) is 5.71 Å². The molecule has 0 aliphatic rings. The van der Waals surface area contributed by atoms with Crippen LogP contribution in [0.15, 0.2) is 33.8 Å². The first-order chi connectivity index (χ1) is 12.0. The second-order valence-electron chi connectivity index (χ2n) is 4.60. The minimum absolute atomic E-state index is 0.169. The second-order valence-corrected chi connectivity index (χ2v) is 5.50. The fourth-order valence-electron chi connectivity index (χ4n) is 1.86. The van der Waals surface area contributed by atoms with Crippen LogP contribution in [0.5, 0.6) is 5.75 Å². The summed E-state index contributed by atoms with van der Waals surface area (Å²) in [5, 5.41) is 3.10. The lowest BCUT2D eigenvalue weighted by Crippen LogP contribution is -2.19. The summed E-state index contributed by atoms with van der Waals surface area (Å²) >= 11 is 1.62. The number of methoxy groups -OCH3 is 1. The number of rotatable bonds is 7. The number of hydrogen-bond acceptors (Lipinski definition) is 7. The van der Waals surface area contributed by atoms with Crippen molar-refractivity contribution in [2.75, 3.05) is 39.8 Å². The summed E-state index contributed by atoms with van der Waals surface area (Å²) in [6.07, 6.45) is 1.99. The standard InChI is InChI=1S/C16H23N3O3S.C2H6/c1-10(18-2)14(23-5)9-22-11-6-7-13(17)12(8-11)15(19-3)16(20)21-4;1-2/h6-8,18H,9,17H2,1-5H3;1-2H3/b14-10-,19-15?;. The van der Waals surface area contributed by atoms with E-state index in [9.17, 15) is 4.79 Å². The van der Waals surface area contributed by atoms with Gasteiger partial charge in [0.05, 0.1) is 7.11 Å². The van der Waals surface area contributed by atoms with Gasteiger partial charge in [0.15, 0.2) is 5.71 Å². The topological polar surface area (TPSA) is 85.9 Å². The maximum Gasteiger partial charge on any atom is 0.356 e. The first-order valence-electron chi connectivity index (χ1n) is 7.97. The molecule has 0 bridgehead atoms. The van der Waals surface area contributed by atoms with Gasteiger partial charge in [-0.2, -0.15) is 0 Å². The number of hydrogen-bond donors (Lipinski definition) is 2. The minimum Gasteiger partial charge on any atom is -0.488 e. The number of aliphatic imine (C=N–C) groups is 1. The number of anilines is 1. The maximum atomic E-state index is 11.8. The van der Waals surface area contributed by atoms with E-state index in [0.29, 0.717) is 23.6 Å². The average molecular weight is 368 g/mol. The predicted octanol–water partition coefficient (Wildman–Crippen LogP) is 3.08. The summed E-state index contributed by atoms with van der Waals surface area (Å²) in [6, 6.07) is 5.14. The van der Waals surface area contributed by atoms with Gasteiger partial charge in [0, 0.05) is 35.9 Å². The summed E-state index contributed by atoms with van der Waals surface area (Å²) in [6.45, 7) is 6.41. The molecule has 0 saturated carbocycles. The fourth-order valence-corrected chi connectivity index (χ4v) is 2.44. The van der Waals surface area contributed by atoms with Gasteiger partial charge < -0.3 is 20.5 Å². The Morgan fingerprint density at radius 2 is 2.00 bits per heavy atom. The molecular formula is C18H29N3O3S. The Bertz CT molecular complexity index is 628. The molecule has 0 heterocycles. The number of nitrogen functional groups attached to an aromatic ring is 1. The Labute approximate surface area is 154 Å². The number of benzene rings is 1. The van der Waals surface area contributed by atoms with Crippen molar-refractivity contribution in [1.82, 2.24) is 5.32 Å². The molecule has 1 rings (SSSR count). The molecule has 0 aliphatic heterocycles. The third-order valence-corrected chi connectivity index (χ3v) is 4.21. The van der Waals surface area contributed by atoms with Crippen molar-refractivity contribution in [3.8, 4) is 5.75 Å². The zero-order valence-electron chi connectivity index (χ0n) is 16.1. The first kappa shape index (κ1) is 22.9. The molecule has 0 saturated heterocycles. The Morgan fingerprint density at radius 3 is 2.48 bits per heavy atom. The van der Waals surface area contributed by atoms with E-state index in [0.717, 1.165) is 10.6 Å². The molecule has 6 nitrogen and oxygen atoms in total. The molecule has 0 aliphatic carbocycles. The van der Waals surface area contributed by atoms with Crippen LogP contribution in [0.4, 0.5) is 5.69 Å². The van der Waals surface area contributed by atoms with Crippen LogP contribution in [0.1, 0.15) is 26.3 Å². The smallest absolute Gasteiger partial charge is 0.356 e. The lowest BCUT2D eigenvalue weighted by atomic mass is 10.1. The quantitative estimate of drug-likeness (QED) is 0.438. The molecule has 7 heteroatoms. The number of ether oxygens (including phenoxy) is 2. The lowest BCUT2D eigenvalue weighted by molar-refractivity contribution is -0.132. The zero-order valence-corrected chi connectivity index (χ0v) is 16.9. The monoisotopic (exact) mass is 367 g/mol. The van der Waals surface area contributed by atoms with E-state index >= 15 is 0 Å². The number of allylic oxidation sites excluding steroid dienone is 1. The highest BCUT2D eigenvalue weighted by atomic mass is 32.2. The molecule has 0 spiro atoms. The highest BCUT2D eigenvalue weighted by molar-refractivity contribution is 8.02. The fraction of sp³-hybridized carbons (Fsp3) is 0.444. The first-order valence-corrected chi connectivity index (χ1v) is 9.20. The molecule has 140 valence electrons. The summed E-state index contributed by atoms with van der Waals surface area (Å²) in [4.78, 5) is 16.8. The van der Waals surface area contributed by atoms with E-state index in [2.05, 4.69) is 10.3 Å². The molecule has 0 amide bonds. The largest absolute Gasteiger partial charge is 0.488 e. The Hall–Kier alpha value is -2.15. The predicted molar refractivity (Wildman–Crippen MR) is 107 cm³/mol. The van der Waals surface area contributed by atoms with Crippen molar-refractivity contribution in [1.29, 1.82) is 0 Å². The van der Waals surface area contributed by atoms with E-state index in [1.807, 2.05) is 34.1 Å². The van der Waals surface area contributed by atoms with Crippen molar-refractivity contribution >= 4 is 29.1 Å². The van der Waals surface area contributed by atoms with Crippen molar-refractivity contribution in [2.24, 2.45) is 4.99 Å². The third-order valence-electron chi connectivity index (χ3n) is 3.29. The van der Waals surface area contributed by atoms with Crippen molar-refractivity contribution in [2.45, 2.75) is 20.8 Å². The van der Waals surface area contributed by atoms with Gasteiger partial charge in [-0.1, -0.05) is 13.8 Å². The van der Waals surface area contributed by atoms with Crippen LogP contribution in [0, 0.1) is 0 Å². The van der Waals surface area contributed by atoms with Gasteiger partial charge in [0.2, 0.25) is 0 Å². The van der Waals surface area contributed by atoms with Gasteiger partial charge in [0.25, 0.3) is 0 Å². The van der Waals surface area contributed by atoms with Crippen molar-refractivity contribution in [3.63, 3.8) is 0 Å². The molecule has 0 aromatic heterocycles. The van der Waals surface area contributed by atoms with Gasteiger partial charge in [-0.15, -0.1) is 11.8 Å². The van der Waals surface area contributed by atoms with Crippen molar-refractivity contribution < 1.29 is 14.3 Å². The Kier molecular flexibility index (Phi) is 11.2. The molecule has 3 N–H and O–H groups in total. The highest BCUT2D eigenvalue weighted by Gasteiger charge is 2.17. The molecular weight excluding hydrogens is 338 g/mol. The van der Waals surface area contributed by atoms with Gasteiger partial charge in [0.1, 0.15) is 12.4 Å². The number of carbonyl (C=O) groups is 1. The second kappa shape index (κ2) is 12.2. The number of thioether (sulfide) groups is 1. The summed E-state index contributed by atoms with van der Waals surface area (Å²) in [7, 11) is 4.69. The van der Waals surface area contributed by atoms with E-state index < -0.39 is 5.97 Å². The number of nitrogens with one attached hydrogen (secondary N) is 1. The van der Waals surface area contributed by atoms with Crippen LogP contribution in [0.3, 0.4) is 0 Å². The van der Waals surface area contributed by atoms with E-state index in [1.165, 1.54) is 14.2 Å².